The van der Waals surface area contributed by atoms with Crippen LogP contribution in [0.15, 0.2) is 4.90 Å². The summed E-state index contributed by atoms with van der Waals surface area (Å²) in [4.78, 5) is -1.30. The summed E-state index contributed by atoms with van der Waals surface area (Å²) in [6.07, 6.45) is 0. The van der Waals surface area contributed by atoms with Crippen molar-refractivity contribution in [2.45, 2.75) is 4.90 Å². The van der Waals surface area contributed by atoms with E-state index in [1.54, 1.807) is 0 Å². The Morgan fingerprint density at radius 2 is 1.36 bits per heavy atom. The van der Waals surface area contributed by atoms with E-state index in [1.165, 1.54) is 0 Å². The summed E-state index contributed by atoms with van der Waals surface area (Å²) in [5.74, 6) is -11.2. The lowest BCUT2D eigenvalue weighted by molar-refractivity contribution is -0.432. The molecule has 0 saturated carbocycles. The number of rotatable bonds is 4. The van der Waals surface area contributed by atoms with E-state index in [4.69, 9.17) is 5.26 Å². The molecule has 0 saturated heterocycles. The first kappa shape index (κ1) is 16.7. The average Bonchev–Trinajstić information content (AvgIpc) is 2.49. The minimum Gasteiger partial charge on any atom is -0.383 e. The normalized spacial score (nSPS) is 11.3. The van der Waals surface area contributed by atoms with Gasteiger partial charge in [0.05, 0.1) is 22.8 Å². The molecule has 0 aliphatic rings. The van der Waals surface area contributed by atoms with Crippen molar-refractivity contribution in [1.29, 1.82) is 0 Å². The number of halogens is 6. The summed E-state index contributed by atoms with van der Waals surface area (Å²) in [5.41, 5.74) is -1.09. The maximum atomic E-state index is 14.1. The van der Waals surface area contributed by atoms with Crippen molar-refractivity contribution in [2.75, 3.05) is 12.4 Å². The quantitative estimate of drug-likeness (QED) is 0.287. The second-order valence-electron chi connectivity index (χ2n) is 3.81. The number of anilines is 1. The van der Waals surface area contributed by atoms with Crippen LogP contribution in [0.25, 0.3) is 10.8 Å². The molecule has 0 bridgehead atoms. The highest BCUT2D eigenvalue weighted by Crippen LogP contribution is 2.39. The molecule has 0 spiro atoms. The van der Waals surface area contributed by atoms with Crippen molar-refractivity contribution < 1.29 is 41.0 Å². The number of hydrogen-bond acceptors (Lipinski definition) is 5. The third-order valence-electron chi connectivity index (χ3n) is 2.75. The fourth-order valence-corrected chi connectivity index (χ4v) is 2.27. The van der Waals surface area contributed by atoms with Crippen molar-refractivity contribution in [2.24, 2.45) is 0 Å². The van der Waals surface area contributed by atoms with Crippen LogP contribution < -0.4 is 5.32 Å². The minimum absolute atomic E-state index is 0.356. The van der Waals surface area contributed by atoms with Crippen LogP contribution in [0.5, 0.6) is 0 Å². The number of nitrogens with one attached hydrogen (secondary N) is 1. The van der Waals surface area contributed by atoms with Gasteiger partial charge in [-0.25, -0.2) is 31.6 Å². The Morgan fingerprint density at radius 1 is 0.818 bits per heavy atom. The first-order valence-corrected chi connectivity index (χ1v) is 6.10. The molecule has 4 nitrogen and oxygen atoms in total. The van der Waals surface area contributed by atoms with E-state index in [2.05, 4.69) is 9.37 Å². The Labute approximate surface area is 122 Å². The minimum atomic E-state index is -1.96. The van der Waals surface area contributed by atoms with E-state index in [9.17, 15) is 26.3 Å². The molecule has 2 N–H and O–H groups in total. The van der Waals surface area contributed by atoms with E-state index in [0.29, 0.717) is 0 Å². The topological polar surface area (TPSA) is 50.7 Å². The highest BCUT2D eigenvalue weighted by atomic mass is 32.2. The summed E-state index contributed by atoms with van der Waals surface area (Å²) in [7, 11) is 1.01. The molecule has 11 heteroatoms. The van der Waals surface area contributed by atoms with Gasteiger partial charge in [-0.1, -0.05) is 5.04 Å². The highest BCUT2D eigenvalue weighted by Gasteiger charge is 2.30. The SMILES string of the molecule is CNc1c(F)c(F)c2c(F)c(SOOO)c(F)c(F)c2c1F. The van der Waals surface area contributed by atoms with Crippen LogP contribution in [0.3, 0.4) is 0 Å². The van der Waals surface area contributed by atoms with Gasteiger partial charge < -0.3 is 5.32 Å². The van der Waals surface area contributed by atoms with E-state index in [0.717, 1.165) is 7.05 Å². The first-order chi connectivity index (χ1) is 10.4. The van der Waals surface area contributed by atoms with Crippen LogP contribution in [-0.2, 0) is 9.37 Å². The van der Waals surface area contributed by atoms with Gasteiger partial charge in [-0.2, -0.15) is 0 Å². The van der Waals surface area contributed by atoms with Crippen molar-refractivity contribution in [1.82, 2.24) is 0 Å². The zero-order valence-electron chi connectivity index (χ0n) is 10.4. The van der Waals surface area contributed by atoms with Gasteiger partial charge >= 0.3 is 0 Å². The summed E-state index contributed by atoms with van der Waals surface area (Å²) in [6.45, 7) is 0. The predicted molar refractivity (Wildman–Crippen MR) is 63.9 cm³/mol. The van der Waals surface area contributed by atoms with Gasteiger partial charge in [0.2, 0.25) is 0 Å². The lowest BCUT2D eigenvalue weighted by atomic mass is 10.1. The third-order valence-corrected chi connectivity index (χ3v) is 3.40. The van der Waals surface area contributed by atoms with Gasteiger partial charge in [0.1, 0.15) is 10.6 Å². The molecule has 0 atom stereocenters. The van der Waals surface area contributed by atoms with Gasteiger partial charge in [0.25, 0.3) is 0 Å². The fraction of sp³-hybridized carbons (Fsp3) is 0.0909. The zero-order chi connectivity index (χ0) is 16.6. The number of hydrogen-bond donors (Lipinski definition) is 2. The van der Waals surface area contributed by atoms with E-state index in [1.807, 2.05) is 5.32 Å². The van der Waals surface area contributed by atoms with Gasteiger partial charge in [0, 0.05) is 7.05 Å². The maximum Gasteiger partial charge on any atom is 0.185 e. The van der Waals surface area contributed by atoms with Gasteiger partial charge in [-0.05, 0) is 0 Å². The average molecular weight is 345 g/mol. The maximum absolute atomic E-state index is 14.1. The van der Waals surface area contributed by atoms with Crippen LogP contribution in [0.4, 0.5) is 32.0 Å². The molecule has 0 aromatic heterocycles. The summed E-state index contributed by atoms with van der Waals surface area (Å²) in [5, 5.41) is 10.1. The highest BCUT2D eigenvalue weighted by molar-refractivity contribution is 7.94. The molecular weight excluding hydrogens is 340 g/mol. The second kappa shape index (κ2) is 6.20. The Balaban J connectivity index is 2.96. The number of benzene rings is 2. The summed E-state index contributed by atoms with van der Waals surface area (Å²) in [6, 6.07) is 0. The molecule has 0 fully saturated rings. The molecule has 2 aromatic carbocycles. The third kappa shape index (κ3) is 2.35. The molecule has 2 aromatic rings. The molecule has 0 amide bonds. The molecule has 0 unspecified atom stereocenters. The Kier molecular flexibility index (Phi) is 4.70. The Morgan fingerprint density at radius 3 is 1.91 bits per heavy atom. The smallest absolute Gasteiger partial charge is 0.185 e. The first-order valence-electron chi connectivity index (χ1n) is 5.35. The van der Waals surface area contributed by atoms with Crippen LogP contribution in [0, 0.1) is 34.9 Å². The molecule has 120 valence electrons. The van der Waals surface area contributed by atoms with E-state index >= 15 is 0 Å². The molecule has 0 aliphatic heterocycles. The monoisotopic (exact) mass is 345 g/mol. The van der Waals surface area contributed by atoms with Crippen molar-refractivity contribution >= 4 is 28.5 Å². The Hall–Kier alpha value is -1.69. The van der Waals surface area contributed by atoms with Crippen LogP contribution >= 0.6 is 12.0 Å². The van der Waals surface area contributed by atoms with E-state index in [-0.39, 0.29) is 12.0 Å². The van der Waals surface area contributed by atoms with Gasteiger partial charge in [0.15, 0.2) is 34.9 Å². The summed E-state index contributed by atoms with van der Waals surface area (Å²) < 4.78 is 86.8. The lowest BCUT2D eigenvalue weighted by Gasteiger charge is -2.13. The van der Waals surface area contributed by atoms with Gasteiger partial charge in [-0.15, -0.1) is 4.33 Å². The molecule has 0 aliphatic carbocycles. The van der Waals surface area contributed by atoms with Crippen LogP contribution in [0.2, 0.25) is 0 Å². The largest absolute Gasteiger partial charge is 0.383 e. The Bertz CT molecular complexity index is 757. The van der Waals surface area contributed by atoms with Crippen molar-refractivity contribution in [3.8, 4) is 0 Å². The molecule has 2 rings (SSSR count). The van der Waals surface area contributed by atoms with Crippen LogP contribution in [-0.4, -0.2) is 12.3 Å². The summed E-state index contributed by atoms with van der Waals surface area (Å²) >= 11 is -0.356. The molecule has 0 heterocycles. The van der Waals surface area contributed by atoms with Crippen molar-refractivity contribution in [3.05, 3.63) is 34.9 Å². The molecule has 22 heavy (non-hydrogen) atoms. The van der Waals surface area contributed by atoms with Gasteiger partial charge in [-0.3, -0.25) is 0 Å². The fourth-order valence-electron chi connectivity index (χ4n) is 1.83. The van der Waals surface area contributed by atoms with Crippen LogP contribution in [0.1, 0.15) is 0 Å². The lowest BCUT2D eigenvalue weighted by Crippen LogP contribution is -2.07. The molecular formula is C11H5F6NO3S. The number of fused-ring (bicyclic) bond motifs is 1. The predicted octanol–water partition coefficient (Wildman–Crippen LogP) is 4.14. The molecule has 0 radical (unpaired) electrons. The zero-order valence-corrected chi connectivity index (χ0v) is 11.3. The standard InChI is InChI=1S/C11H5F6NO3S/c1-18-10-6(14)2-3(4(12)8(10)16)7(15)11(22-21-20-19)9(17)5(2)13/h18-19H,1H3. The van der Waals surface area contributed by atoms with E-state index < -0.39 is 56.3 Å². The second-order valence-corrected chi connectivity index (χ2v) is 4.52. The van der Waals surface area contributed by atoms with Crippen molar-refractivity contribution in [3.63, 3.8) is 0 Å².